The van der Waals surface area contributed by atoms with Crippen molar-refractivity contribution in [2.45, 2.75) is 17.7 Å². The highest BCUT2D eigenvalue weighted by Gasteiger charge is 2.21. The third-order valence-electron chi connectivity index (χ3n) is 4.03. The predicted octanol–water partition coefficient (Wildman–Crippen LogP) is 2.47. The van der Waals surface area contributed by atoms with Crippen LogP contribution in [0, 0.1) is 0 Å². The summed E-state index contributed by atoms with van der Waals surface area (Å²) < 4.78 is 22.9. The predicted molar refractivity (Wildman–Crippen MR) is 95.5 cm³/mol. The van der Waals surface area contributed by atoms with Gasteiger partial charge >= 0.3 is 0 Å². The number of carbonyl (C=O) groups is 2. The van der Waals surface area contributed by atoms with Crippen LogP contribution >= 0.6 is 0 Å². The molecule has 130 valence electrons. The van der Waals surface area contributed by atoms with Gasteiger partial charge in [-0.05, 0) is 48.9 Å². The van der Waals surface area contributed by atoms with Crippen LogP contribution in [0.4, 0.5) is 11.4 Å². The van der Waals surface area contributed by atoms with E-state index in [4.69, 9.17) is 0 Å². The highest BCUT2D eigenvalue weighted by atomic mass is 32.2. The number of anilines is 2. The molecule has 1 fully saturated rings. The number of nitrogens with one attached hydrogen (secondary N) is 1. The van der Waals surface area contributed by atoms with Gasteiger partial charge in [-0.3, -0.25) is 9.59 Å². The molecule has 0 atom stereocenters. The SMILES string of the molecule is CS(=O)(=O)c1ccc(C(=O)Nc2cccc(N3CCCC3=O)c2)cc1. The summed E-state index contributed by atoms with van der Waals surface area (Å²) in [4.78, 5) is 26.0. The highest BCUT2D eigenvalue weighted by molar-refractivity contribution is 7.90. The summed E-state index contributed by atoms with van der Waals surface area (Å²) in [5, 5.41) is 2.77. The van der Waals surface area contributed by atoms with Gasteiger partial charge in [-0.1, -0.05) is 6.07 Å². The van der Waals surface area contributed by atoms with Crippen molar-refractivity contribution >= 4 is 33.0 Å². The van der Waals surface area contributed by atoms with Crippen LogP contribution in [-0.4, -0.2) is 33.0 Å². The first-order valence-corrected chi connectivity index (χ1v) is 9.76. The van der Waals surface area contributed by atoms with Crippen LogP contribution in [0.2, 0.25) is 0 Å². The zero-order chi connectivity index (χ0) is 18.0. The molecule has 2 aromatic carbocycles. The highest BCUT2D eigenvalue weighted by Crippen LogP contribution is 2.24. The first kappa shape index (κ1) is 17.2. The summed E-state index contributed by atoms with van der Waals surface area (Å²) in [5.41, 5.74) is 1.69. The zero-order valence-corrected chi connectivity index (χ0v) is 14.5. The first-order chi connectivity index (χ1) is 11.8. The molecule has 0 aliphatic carbocycles. The lowest BCUT2D eigenvalue weighted by atomic mass is 10.2. The maximum absolute atomic E-state index is 12.3. The molecule has 1 saturated heterocycles. The van der Waals surface area contributed by atoms with E-state index in [1.165, 1.54) is 24.3 Å². The fourth-order valence-electron chi connectivity index (χ4n) is 2.73. The molecule has 1 aliphatic heterocycles. The van der Waals surface area contributed by atoms with Gasteiger partial charge in [0.05, 0.1) is 4.90 Å². The molecule has 3 rings (SSSR count). The van der Waals surface area contributed by atoms with E-state index in [-0.39, 0.29) is 16.7 Å². The average molecular weight is 358 g/mol. The van der Waals surface area contributed by atoms with Crippen molar-refractivity contribution in [3.8, 4) is 0 Å². The average Bonchev–Trinajstić information content (AvgIpc) is 3.00. The topological polar surface area (TPSA) is 83.6 Å². The molecule has 0 radical (unpaired) electrons. The Balaban J connectivity index is 1.76. The minimum atomic E-state index is -3.29. The van der Waals surface area contributed by atoms with Crippen molar-refractivity contribution in [2.75, 3.05) is 23.0 Å². The van der Waals surface area contributed by atoms with Gasteiger partial charge in [0.1, 0.15) is 0 Å². The Morgan fingerprint density at radius 2 is 1.84 bits per heavy atom. The second-order valence-corrected chi connectivity index (χ2v) is 7.97. The maximum Gasteiger partial charge on any atom is 0.255 e. The molecule has 1 heterocycles. The van der Waals surface area contributed by atoms with Gasteiger partial charge in [-0.25, -0.2) is 8.42 Å². The van der Waals surface area contributed by atoms with Crippen LogP contribution in [0.15, 0.2) is 53.4 Å². The van der Waals surface area contributed by atoms with Gasteiger partial charge in [-0.15, -0.1) is 0 Å². The van der Waals surface area contributed by atoms with Gasteiger partial charge in [0.15, 0.2) is 9.84 Å². The molecule has 2 aromatic rings. The molecule has 0 aromatic heterocycles. The minimum absolute atomic E-state index is 0.0832. The number of nitrogens with zero attached hydrogens (tertiary/aromatic N) is 1. The van der Waals surface area contributed by atoms with Gasteiger partial charge in [0, 0.05) is 36.2 Å². The second-order valence-electron chi connectivity index (χ2n) is 5.95. The summed E-state index contributed by atoms with van der Waals surface area (Å²) >= 11 is 0. The summed E-state index contributed by atoms with van der Waals surface area (Å²) in [6.45, 7) is 0.684. The van der Waals surface area contributed by atoms with Crippen LogP contribution < -0.4 is 10.2 Å². The summed E-state index contributed by atoms with van der Waals surface area (Å²) in [6, 6.07) is 12.9. The Morgan fingerprint density at radius 1 is 1.12 bits per heavy atom. The van der Waals surface area contributed by atoms with Crippen molar-refractivity contribution in [1.82, 2.24) is 0 Å². The largest absolute Gasteiger partial charge is 0.322 e. The lowest BCUT2D eigenvalue weighted by Crippen LogP contribution is -2.23. The quantitative estimate of drug-likeness (QED) is 0.910. The molecule has 6 nitrogen and oxygen atoms in total. The third-order valence-corrected chi connectivity index (χ3v) is 5.16. The van der Waals surface area contributed by atoms with E-state index in [1.807, 2.05) is 6.07 Å². The van der Waals surface area contributed by atoms with Crippen LogP contribution in [-0.2, 0) is 14.6 Å². The van der Waals surface area contributed by atoms with Crippen LogP contribution in [0.5, 0.6) is 0 Å². The van der Waals surface area contributed by atoms with Crippen molar-refractivity contribution in [3.05, 3.63) is 54.1 Å². The van der Waals surface area contributed by atoms with E-state index in [0.29, 0.717) is 24.2 Å². The van der Waals surface area contributed by atoms with Gasteiger partial charge in [0.2, 0.25) is 5.91 Å². The molecule has 1 N–H and O–H groups in total. The second kappa shape index (κ2) is 6.68. The Bertz CT molecular complexity index is 920. The molecule has 2 amide bonds. The van der Waals surface area contributed by atoms with Crippen LogP contribution in [0.1, 0.15) is 23.2 Å². The van der Waals surface area contributed by atoms with E-state index in [1.54, 1.807) is 23.1 Å². The summed E-state index contributed by atoms with van der Waals surface area (Å²) in [7, 11) is -3.29. The lowest BCUT2D eigenvalue weighted by molar-refractivity contribution is -0.117. The Hall–Kier alpha value is -2.67. The number of hydrogen-bond donors (Lipinski definition) is 1. The number of carbonyl (C=O) groups excluding carboxylic acids is 2. The first-order valence-electron chi connectivity index (χ1n) is 7.86. The van der Waals surface area contributed by atoms with E-state index < -0.39 is 9.84 Å². The number of amides is 2. The smallest absolute Gasteiger partial charge is 0.255 e. The Morgan fingerprint density at radius 3 is 2.44 bits per heavy atom. The molecular formula is C18H18N2O4S. The maximum atomic E-state index is 12.3. The molecule has 0 spiro atoms. The molecule has 7 heteroatoms. The number of rotatable bonds is 4. The standard InChI is InChI=1S/C18H18N2O4S/c1-25(23,24)16-9-7-13(8-10-16)18(22)19-14-4-2-5-15(12-14)20-11-3-6-17(20)21/h2,4-5,7-10,12H,3,6,11H2,1H3,(H,19,22). The van der Waals surface area contributed by atoms with Crippen molar-refractivity contribution < 1.29 is 18.0 Å². The summed E-state index contributed by atoms with van der Waals surface area (Å²) in [6.07, 6.45) is 2.50. The molecule has 0 bridgehead atoms. The van der Waals surface area contributed by atoms with Crippen molar-refractivity contribution in [2.24, 2.45) is 0 Å². The van der Waals surface area contributed by atoms with Gasteiger partial charge < -0.3 is 10.2 Å². The van der Waals surface area contributed by atoms with Crippen LogP contribution in [0.25, 0.3) is 0 Å². The molecule has 0 unspecified atom stereocenters. The van der Waals surface area contributed by atoms with Crippen molar-refractivity contribution in [3.63, 3.8) is 0 Å². The van der Waals surface area contributed by atoms with Gasteiger partial charge in [-0.2, -0.15) is 0 Å². The number of hydrogen-bond acceptors (Lipinski definition) is 4. The summed E-state index contributed by atoms with van der Waals surface area (Å²) in [5.74, 6) is -0.259. The third kappa shape index (κ3) is 3.88. The molecule has 1 aliphatic rings. The van der Waals surface area contributed by atoms with E-state index >= 15 is 0 Å². The van der Waals surface area contributed by atoms with Crippen molar-refractivity contribution in [1.29, 1.82) is 0 Å². The lowest BCUT2D eigenvalue weighted by Gasteiger charge is -2.16. The van der Waals surface area contributed by atoms with Crippen LogP contribution in [0.3, 0.4) is 0 Å². The monoisotopic (exact) mass is 358 g/mol. The van der Waals surface area contributed by atoms with E-state index in [2.05, 4.69) is 5.32 Å². The zero-order valence-electron chi connectivity index (χ0n) is 13.7. The Labute approximate surface area is 146 Å². The van der Waals surface area contributed by atoms with E-state index in [0.717, 1.165) is 18.4 Å². The fourth-order valence-corrected chi connectivity index (χ4v) is 3.36. The Kier molecular flexibility index (Phi) is 4.59. The molecule has 25 heavy (non-hydrogen) atoms. The fraction of sp³-hybridized carbons (Fsp3) is 0.222. The normalized spacial score (nSPS) is 14.6. The number of sulfone groups is 1. The van der Waals surface area contributed by atoms with E-state index in [9.17, 15) is 18.0 Å². The number of benzene rings is 2. The minimum Gasteiger partial charge on any atom is -0.322 e. The van der Waals surface area contributed by atoms with Gasteiger partial charge in [0.25, 0.3) is 5.91 Å². The molecule has 0 saturated carbocycles. The molecular weight excluding hydrogens is 340 g/mol.